The van der Waals surface area contributed by atoms with E-state index in [0.717, 1.165) is 16.7 Å². The second-order valence-corrected chi connectivity index (χ2v) is 5.03. The first-order valence-electron chi connectivity index (χ1n) is 7.22. The standard InChI is InChI=1S/C18H16N2O3/c1-13-5-2-3-6-15(13)12-20-18(21)23-16-8-4-7-14(11-16)17-19-9-10-22-17/h2-11H,12H2,1H3,(H,20,21). The first-order valence-corrected chi connectivity index (χ1v) is 7.22. The number of benzene rings is 2. The third-order valence-corrected chi connectivity index (χ3v) is 3.41. The summed E-state index contributed by atoms with van der Waals surface area (Å²) in [6, 6.07) is 14.9. The lowest BCUT2D eigenvalue weighted by molar-refractivity contribution is 0.200. The van der Waals surface area contributed by atoms with Crippen molar-refractivity contribution in [1.82, 2.24) is 10.3 Å². The minimum Gasteiger partial charge on any atom is -0.445 e. The molecule has 1 aromatic heterocycles. The number of aryl methyl sites for hydroxylation is 1. The molecule has 0 spiro atoms. The van der Waals surface area contributed by atoms with Gasteiger partial charge in [-0.2, -0.15) is 0 Å². The number of hydrogen-bond acceptors (Lipinski definition) is 4. The number of ether oxygens (including phenoxy) is 1. The summed E-state index contributed by atoms with van der Waals surface area (Å²) in [5, 5.41) is 2.74. The number of rotatable bonds is 4. The summed E-state index contributed by atoms with van der Waals surface area (Å²) in [5.41, 5.74) is 2.93. The van der Waals surface area contributed by atoms with Gasteiger partial charge in [0.1, 0.15) is 12.0 Å². The van der Waals surface area contributed by atoms with Crippen molar-refractivity contribution in [3.05, 3.63) is 72.1 Å². The van der Waals surface area contributed by atoms with Gasteiger partial charge < -0.3 is 14.5 Å². The molecule has 5 nitrogen and oxygen atoms in total. The Morgan fingerprint density at radius 1 is 1.22 bits per heavy atom. The summed E-state index contributed by atoms with van der Waals surface area (Å²) < 4.78 is 10.5. The largest absolute Gasteiger partial charge is 0.445 e. The van der Waals surface area contributed by atoms with Crippen LogP contribution >= 0.6 is 0 Å². The van der Waals surface area contributed by atoms with Crippen molar-refractivity contribution in [3.8, 4) is 17.2 Å². The summed E-state index contributed by atoms with van der Waals surface area (Å²) in [4.78, 5) is 16.0. The number of amides is 1. The molecule has 3 aromatic rings. The fourth-order valence-corrected chi connectivity index (χ4v) is 2.18. The molecule has 2 aromatic carbocycles. The van der Waals surface area contributed by atoms with Gasteiger partial charge in [-0.1, -0.05) is 30.3 Å². The van der Waals surface area contributed by atoms with Crippen molar-refractivity contribution >= 4 is 6.09 Å². The average molecular weight is 308 g/mol. The highest BCUT2D eigenvalue weighted by Gasteiger charge is 2.08. The van der Waals surface area contributed by atoms with Gasteiger partial charge in [0, 0.05) is 12.1 Å². The molecular weight excluding hydrogens is 292 g/mol. The molecule has 116 valence electrons. The Labute approximate surface area is 133 Å². The number of carbonyl (C=O) groups is 1. The molecule has 0 aliphatic rings. The second-order valence-electron chi connectivity index (χ2n) is 5.03. The predicted molar refractivity (Wildman–Crippen MR) is 86.0 cm³/mol. The zero-order chi connectivity index (χ0) is 16.1. The SMILES string of the molecule is Cc1ccccc1CNC(=O)Oc1cccc(-c2ncco2)c1. The third kappa shape index (κ3) is 3.77. The molecule has 0 fully saturated rings. The second kappa shape index (κ2) is 6.79. The van der Waals surface area contributed by atoms with E-state index in [0.29, 0.717) is 18.2 Å². The summed E-state index contributed by atoms with van der Waals surface area (Å²) in [6.07, 6.45) is 2.56. The molecule has 0 radical (unpaired) electrons. The van der Waals surface area contributed by atoms with Gasteiger partial charge in [-0.05, 0) is 36.2 Å². The first-order chi connectivity index (χ1) is 11.2. The van der Waals surface area contributed by atoms with Gasteiger partial charge in [-0.15, -0.1) is 0 Å². The van der Waals surface area contributed by atoms with E-state index < -0.39 is 6.09 Å². The van der Waals surface area contributed by atoms with Gasteiger partial charge in [-0.3, -0.25) is 0 Å². The van der Waals surface area contributed by atoms with Crippen LogP contribution < -0.4 is 10.1 Å². The van der Waals surface area contributed by atoms with E-state index in [9.17, 15) is 4.79 Å². The number of carbonyl (C=O) groups excluding carboxylic acids is 1. The van der Waals surface area contributed by atoms with Crippen LogP contribution in [0.5, 0.6) is 5.75 Å². The van der Waals surface area contributed by atoms with Crippen LogP contribution in [0.25, 0.3) is 11.5 Å². The molecule has 3 rings (SSSR count). The molecule has 0 aliphatic carbocycles. The van der Waals surface area contributed by atoms with E-state index in [1.54, 1.807) is 24.4 Å². The van der Waals surface area contributed by atoms with E-state index in [1.165, 1.54) is 6.26 Å². The maximum atomic E-state index is 11.9. The highest BCUT2D eigenvalue weighted by Crippen LogP contribution is 2.22. The lowest BCUT2D eigenvalue weighted by Crippen LogP contribution is -2.26. The van der Waals surface area contributed by atoms with Gasteiger partial charge in [0.2, 0.25) is 5.89 Å². The number of nitrogens with one attached hydrogen (secondary N) is 1. The lowest BCUT2D eigenvalue weighted by Gasteiger charge is -2.09. The zero-order valence-corrected chi connectivity index (χ0v) is 12.7. The van der Waals surface area contributed by atoms with Crippen molar-refractivity contribution in [2.45, 2.75) is 13.5 Å². The van der Waals surface area contributed by atoms with Crippen LogP contribution in [0.1, 0.15) is 11.1 Å². The van der Waals surface area contributed by atoms with Gasteiger partial charge in [0.05, 0.1) is 6.20 Å². The van der Waals surface area contributed by atoms with Crippen LogP contribution in [0.15, 0.2) is 65.4 Å². The number of nitrogens with zero attached hydrogens (tertiary/aromatic N) is 1. The summed E-state index contributed by atoms with van der Waals surface area (Å²) in [5.74, 6) is 0.916. The minimum atomic E-state index is -0.502. The molecule has 0 bridgehead atoms. The summed E-state index contributed by atoms with van der Waals surface area (Å²) in [6.45, 7) is 2.42. The minimum absolute atomic E-state index is 0.422. The maximum Gasteiger partial charge on any atom is 0.412 e. The van der Waals surface area contributed by atoms with Crippen LogP contribution in [-0.2, 0) is 6.54 Å². The Hall–Kier alpha value is -3.08. The van der Waals surface area contributed by atoms with Crippen molar-refractivity contribution in [3.63, 3.8) is 0 Å². The summed E-state index contributed by atoms with van der Waals surface area (Å²) >= 11 is 0. The smallest absolute Gasteiger partial charge is 0.412 e. The number of oxazole rings is 1. The molecule has 23 heavy (non-hydrogen) atoms. The topological polar surface area (TPSA) is 64.4 Å². The molecule has 0 aliphatic heterocycles. The average Bonchev–Trinajstić information content (AvgIpc) is 3.09. The van der Waals surface area contributed by atoms with E-state index in [1.807, 2.05) is 37.3 Å². The molecule has 5 heteroatoms. The molecule has 1 heterocycles. The molecule has 0 saturated heterocycles. The highest BCUT2D eigenvalue weighted by atomic mass is 16.6. The Morgan fingerprint density at radius 3 is 2.87 bits per heavy atom. The van der Waals surface area contributed by atoms with Crippen LogP contribution in [-0.4, -0.2) is 11.1 Å². The Bertz CT molecular complexity index is 798. The van der Waals surface area contributed by atoms with Crippen molar-refractivity contribution in [2.24, 2.45) is 0 Å². The predicted octanol–water partition coefficient (Wildman–Crippen LogP) is 3.94. The van der Waals surface area contributed by atoms with Crippen LogP contribution in [0.4, 0.5) is 4.79 Å². The highest BCUT2D eigenvalue weighted by molar-refractivity contribution is 5.71. The maximum absolute atomic E-state index is 11.9. The van der Waals surface area contributed by atoms with Gasteiger partial charge in [0.15, 0.2) is 0 Å². The van der Waals surface area contributed by atoms with Gasteiger partial charge in [-0.25, -0.2) is 9.78 Å². The Morgan fingerprint density at radius 2 is 2.09 bits per heavy atom. The Kier molecular flexibility index (Phi) is 4.38. The van der Waals surface area contributed by atoms with E-state index in [4.69, 9.17) is 9.15 Å². The molecule has 0 atom stereocenters. The van der Waals surface area contributed by atoms with Crippen LogP contribution in [0.3, 0.4) is 0 Å². The van der Waals surface area contributed by atoms with E-state index in [-0.39, 0.29) is 0 Å². The van der Waals surface area contributed by atoms with Gasteiger partial charge in [0.25, 0.3) is 0 Å². The van der Waals surface area contributed by atoms with Crippen LogP contribution in [0.2, 0.25) is 0 Å². The van der Waals surface area contributed by atoms with Crippen LogP contribution in [0, 0.1) is 6.92 Å². The number of hydrogen-bond donors (Lipinski definition) is 1. The third-order valence-electron chi connectivity index (χ3n) is 3.41. The van der Waals surface area contributed by atoms with Crippen molar-refractivity contribution in [1.29, 1.82) is 0 Å². The monoisotopic (exact) mass is 308 g/mol. The molecular formula is C18H16N2O3. The normalized spacial score (nSPS) is 10.3. The first kappa shape index (κ1) is 14.8. The molecule has 1 N–H and O–H groups in total. The van der Waals surface area contributed by atoms with Gasteiger partial charge >= 0.3 is 6.09 Å². The van der Waals surface area contributed by atoms with E-state index in [2.05, 4.69) is 10.3 Å². The Balaban J connectivity index is 1.62. The van der Waals surface area contributed by atoms with Crippen molar-refractivity contribution in [2.75, 3.05) is 0 Å². The quantitative estimate of drug-likeness (QED) is 0.793. The zero-order valence-electron chi connectivity index (χ0n) is 12.7. The fourth-order valence-electron chi connectivity index (χ4n) is 2.18. The summed E-state index contributed by atoms with van der Waals surface area (Å²) in [7, 11) is 0. The molecule has 0 unspecified atom stereocenters. The molecule has 0 saturated carbocycles. The molecule has 1 amide bonds. The van der Waals surface area contributed by atoms with Crippen molar-refractivity contribution < 1.29 is 13.9 Å². The number of aromatic nitrogens is 1. The van der Waals surface area contributed by atoms with E-state index >= 15 is 0 Å². The lowest BCUT2D eigenvalue weighted by atomic mass is 10.1. The fraction of sp³-hybridized carbons (Fsp3) is 0.111.